The van der Waals surface area contributed by atoms with Crippen LogP contribution in [0.25, 0.3) is 0 Å². The van der Waals surface area contributed by atoms with E-state index in [2.05, 4.69) is 34.1 Å². The fourth-order valence-corrected chi connectivity index (χ4v) is 2.04. The molecule has 0 bridgehead atoms. The zero-order chi connectivity index (χ0) is 11.4. The van der Waals surface area contributed by atoms with Gasteiger partial charge in [-0.15, -0.1) is 0 Å². The van der Waals surface area contributed by atoms with Gasteiger partial charge in [-0.05, 0) is 35.7 Å². The molecule has 0 aliphatic rings. The third-order valence-corrected chi connectivity index (χ3v) is 2.92. The van der Waals surface area contributed by atoms with Crippen molar-refractivity contribution in [3.8, 4) is 6.07 Å². The summed E-state index contributed by atoms with van der Waals surface area (Å²) >= 11 is 3.43. The minimum absolute atomic E-state index is 0.743. The van der Waals surface area contributed by atoms with E-state index in [9.17, 15) is 0 Å². The van der Waals surface area contributed by atoms with E-state index >= 15 is 0 Å². The maximum atomic E-state index is 9.02. The molecule has 0 amide bonds. The summed E-state index contributed by atoms with van der Waals surface area (Å²) in [6.07, 6.45) is 0.795. The summed E-state index contributed by atoms with van der Waals surface area (Å²) in [4.78, 5) is 0. The molecule has 78 valence electrons. The molecule has 0 aliphatic carbocycles. The van der Waals surface area contributed by atoms with Crippen molar-refractivity contribution >= 4 is 15.9 Å². The van der Waals surface area contributed by atoms with Gasteiger partial charge in [-0.3, -0.25) is 0 Å². The molecule has 0 atom stereocenters. The summed E-state index contributed by atoms with van der Waals surface area (Å²) in [5.74, 6) is 0. The van der Waals surface area contributed by atoms with Crippen LogP contribution in [-0.2, 0) is 6.42 Å². The number of rotatable bonds is 2. The zero-order valence-corrected chi connectivity index (χ0v) is 10.2. The normalized spacial score (nSPS) is 9.75. The maximum absolute atomic E-state index is 9.02. The highest BCUT2D eigenvalue weighted by Crippen LogP contribution is 2.19. The van der Waals surface area contributed by atoms with Crippen molar-refractivity contribution in [1.82, 2.24) is 0 Å². The molecule has 0 saturated heterocycles. The van der Waals surface area contributed by atoms with Crippen molar-refractivity contribution in [2.24, 2.45) is 0 Å². The summed E-state index contributed by atoms with van der Waals surface area (Å²) in [5, 5.41) is 9.02. The third-order valence-electron chi connectivity index (χ3n) is 2.43. The number of nitriles is 1. The second-order valence-electron chi connectivity index (χ2n) is 3.58. The van der Waals surface area contributed by atoms with Crippen LogP contribution in [0.3, 0.4) is 0 Å². The Hall–Kier alpha value is -1.59. The average Bonchev–Trinajstić information content (AvgIpc) is 2.31. The van der Waals surface area contributed by atoms with E-state index in [0.29, 0.717) is 0 Å². The molecule has 0 unspecified atom stereocenters. The minimum Gasteiger partial charge on any atom is -0.192 e. The summed E-state index contributed by atoms with van der Waals surface area (Å²) in [6, 6.07) is 18.1. The predicted octanol–water partition coefficient (Wildman–Crippen LogP) is 3.91. The summed E-state index contributed by atoms with van der Waals surface area (Å²) in [7, 11) is 0. The molecule has 0 N–H and O–H groups in total. The smallest absolute Gasteiger partial charge is 0.0994 e. The van der Waals surface area contributed by atoms with E-state index in [-0.39, 0.29) is 0 Å². The summed E-state index contributed by atoms with van der Waals surface area (Å²) < 4.78 is 1.01. The van der Waals surface area contributed by atoms with Crippen molar-refractivity contribution < 1.29 is 0 Å². The van der Waals surface area contributed by atoms with Crippen molar-refractivity contribution in [3.05, 3.63) is 69.7 Å². The summed E-state index contributed by atoms with van der Waals surface area (Å²) in [5.41, 5.74) is 3.02. The molecule has 2 aromatic carbocycles. The lowest BCUT2D eigenvalue weighted by Crippen LogP contribution is -1.92. The first-order chi connectivity index (χ1) is 7.79. The molecule has 0 heterocycles. The molecule has 0 radical (unpaired) electrons. The maximum Gasteiger partial charge on any atom is 0.0994 e. The van der Waals surface area contributed by atoms with Gasteiger partial charge in [-0.1, -0.05) is 46.3 Å². The first kappa shape index (κ1) is 10.9. The van der Waals surface area contributed by atoms with Gasteiger partial charge >= 0.3 is 0 Å². The van der Waals surface area contributed by atoms with Gasteiger partial charge in [0.25, 0.3) is 0 Å². The molecule has 0 aliphatic heterocycles. The number of hydrogen-bond acceptors (Lipinski definition) is 1. The van der Waals surface area contributed by atoms with E-state index in [1.54, 1.807) is 0 Å². The van der Waals surface area contributed by atoms with Gasteiger partial charge in [0.2, 0.25) is 0 Å². The fraction of sp³-hybridized carbons (Fsp3) is 0.0714. The Morgan fingerprint density at radius 3 is 2.50 bits per heavy atom. The van der Waals surface area contributed by atoms with E-state index < -0.39 is 0 Å². The lowest BCUT2D eigenvalue weighted by Gasteiger charge is -2.04. The van der Waals surface area contributed by atoms with E-state index in [1.165, 1.54) is 5.56 Å². The van der Waals surface area contributed by atoms with Crippen molar-refractivity contribution in [1.29, 1.82) is 5.26 Å². The number of nitrogens with zero attached hydrogens (tertiary/aromatic N) is 1. The van der Waals surface area contributed by atoms with Crippen molar-refractivity contribution in [2.75, 3.05) is 0 Å². The van der Waals surface area contributed by atoms with E-state index in [1.807, 2.05) is 36.4 Å². The second-order valence-corrected chi connectivity index (χ2v) is 4.49. The van der Waals surface area contributed by atoms with E-state index in [0.717, 1.165) is 22.0 Å². The van der Waals surface area contributed by atoms with Gasteiger partial charge in [0.1, 0.15) is 0 Å². The molecule has 0 fully saturated rings. The largest absolute Gasteiger partial charge is 0.192 e. The Morgan fingerprint density at radius 2 is 1.81 bits per heavy atom. The van der Waals surface area contributed by atoms with Crippen LogP contribution >= 0.6 is 15.9 Å². The van der Waals surface area contributed by atoms with Gasteiger partial charge in [-0.2, -0.15) is 5.26 Å². The van der Waals surface area contributed by atoms with E-state index in [4.69, 9.17) is 5.26 Å². The van der Waals surface area contributed by atoms with Crippen LogP contribution in [0.15, 0.2) is 53.0 Å². The standard InChI is InChI=1S/C14H10BrN/c15-14-7-6-12(10-16)13(9-14)8-11-4-2-1-3-5-11/h1-7,9H,8H2. The molecule has 2 aromatic rings. The molecule has 0 spiro atoms. The lowest BCUT2D eigenvalue weighted by molar-refractivity contribution is 1.17. The molecule has 2 heteroatoms. The van der Waals surface area contributed by atoms with Crippen LogP contribution < -0.4 is 0 Å². The van der Waals surface area contributed by atoms with Crippen molar-refractivity contribution in [3.63, 3.8) is 0 Å². The Morgan fingerprint density at radius 1 is 1.06 bits per heavy atom. The van der Waals surface area contributed by atoms with Gasteiger partial charge in [-0.25, -0.2) is 0 Å². The molecular formula is C14H10BrN. The van der Waals surface area contributed by atoms with Gasteiger partial charge in [0.05, 0.1) is 11.6 Å². The quantitative estimate of drug-likeness (QED) is 0.813. The first-order valence-corrected chi connectivity index (χ1v) is 5.81. The molecule has 0 saturated carbocycles. The SMILES string of the molecule is N#Cc1ccc(Br)cc1Cc1ccccc1. The van der Waals surface area contributed by atoms with Gasteiger partial charge < -0.3 is 0 Å². The Kier molecular flexibility index (Phi) is 3.38. The third kappa shape index (κ3) is 2.50. The first-order valence-electron chi connectivity index (χ1n) is 5.02. The van der Waals surface area contributed by atoms with Crippen LogP contribution in [0, 0.1) is 11.3 Å². The fourth-order valence-electron chi connectivity index (χ4n) is 1.63. The minimum atomic E-state index is 0.743. The van der Waals surface area contributed by atoms with Gasteiger partial charge in [0.15, 0.2) is 0 Å². The van der Waals surface area contributed by atoms with Crippen LogP contribution in [0.2, 0.25) is 0 Å². The lowest BCUT2D eigenvalue weighted by atomic mass is 10.0. The molecule has 16 heavy (non-hydrogen) atoms. The Balaban J connectivity index is 2.35. The Labute approximate surface area is 103 Å². The van der Waals surface area contributed by atoms with Crippen molar-refractivity contribution in [2.45, 2.75) is 6.42 Å². The van der Waals surface area contributed by atoms with Crippen LogP contribution in [0.5, 0.6) is 0 Å². The van der Waals surface area contributed by atoms with Crippen LogP contribution in [-0.4, -0.2) is 0 Å². The van der Waals surface area contributed by atoms with Gasteiger partial charge in [0, 0.05) is 4.47 Å². The zero-order valence-electron chi connectivity index (χ0n) is 8.65. The highest BCUT2D eigenvalue weighted by Gasteiger charge is 2.03. The molecule has 1 nitrogen and oxygen atoms in total. The molecule has 0 aromatic heterocycles. The number of benzene rings is 2. The van der Waals surface area contributed by atoms with Crippen LogP contribution in [0.4, 0.5) is 0 Å². The number of halogens is 1. The van der Waals surface area contributed by atoms with Crippen LogP contribution in [0.1, 0.15) is 16.7 Å². The Bertz CT molecular complexity index is 526. The molecular weight excluding hydrogens is 262 g/mol. The summed E-state index contributed by atoms with van der Waals surface area (Å²) in [6.45, 7) is 0. The predicted molar refractivity (Wildman–Crippen MR) is 68.1 cm³/mol. The monoisotopic (exact) mass is 271 g/mol. The average molecular weight is 272 g/mol. The molecule has 2 rings (SSSR count). The highest BCUT2D eigenvalue weighted by atomic mass is 79.9. The topological polar surface area (TPSA) is 23.8 Å². The second kappa shape index (κ2) is 4.96. The number of hydrogen-bond donors (Lipinski definition) is 0. The highest BCUT2D eigenvalue weighted by molar-refractivity contribution is 9.10.